The van der Waals surface area contributed by atoms with E-state index >= 15 is 0 Å². The van der Waals surface area contributed by atoms with Gasteiger partial charge in [0.15, 0.2) is 0 Å². The molecular formula is C21H26N2O. The summed E-state index contributed by atoms with van der Waals surface area (Å²) in [5.74, 6) is 0.168. The highest BCUT2D eigenvalue weighted by molar-refractivity contribution is 5.81. The maximum Gasteiger partial charge on any atom is 0.237 e. The van der Waals surface area contributed by atoms with Crippen LogP contribution in [0.25, 0.3) is 11.1 Å². The molecule has 1 amide bonds. The first-order chi connectivity index (χ1) is 11.8. The third-order valence-electron chi connectivity index (χ3n) is 4.82. The second-order valence-electron chi connectivity index (χ2n) is 6.42. The summed E-state index contributed by atoms with van der Waals surface area (Å²) in [5.41, 5.74) is 3.54. The fraction of sp³-hybridized carbons (Fsp3) is 0.381. The van der Waals surface area contributed by atoms with Crippen LogP contribution in [-0.2, 0) is 11.3 Å². The molecule has 0 radical (unpaired) electrons. The predicted octanol–water partition coefficient (Wildman–Crippen LogP) is 3.84. The third kappa shape index (κ3) is 4.04. The topological polar surface area (TPSA) is 32.3 Å². The first-order valence-corrected chi connectivity index (χ1v) is 8.94. The summed E-state index contributed by atoms with van der Waals surface area (Å²) in [6.07, 6.45) is 3.33. The number of carbonyl (C=O) groups excluding carboxylic acids is 1. The van der Waals surface area contributed by atoms with Gasteiger partial charge in [0.25, 0.3) is 0 Å². The van der Waals surface area contributed by atoms with Gasteiger partial charge in [0, 0.05) is 6.54 Å². The van der Waals surface area contributed by atoms with E-state index in [0.29, 0.717) is 6.54 Å². The fourth-order valence-corrected chi connectivity index (χ4v) is 3.46. The fourth-order valence-electron chi connectivity index (χ4n) is 3.46. The van der Waals surface area contributed by atoms with E-state index in [-0.39, 0.29) is 11.9 Å². The molecule has 0 aromatic heterocycles. The monoisotopic (exact) mass is 322 g/mol. The molecule has 0 saturated carbocycles. The maximum atomic E-state index is 12.5. The van der Waals surface area contributed by atoms with Crippen molar-refractivity contribution in [1.82, 2.24) is 10.2 Å². The molecule has 1 aliphatic rings. The molecule has 1 atom stereocenters. The van der Waals surface area contributed by atoms with Crippen molar-refractivity contribution in [2.24, 2.45) is 0 Å². The van der Waals surface area contributed by atoms with E-state index < -0.39 is 0 Å². The molecule has 2 aromatic carbocycles. The van der Waals surface area contributed by atoms with Crippen molar-refractivity contribution in [2.75, 3.05) is 13.1 Å². The number of amides is 1. The lowest BCUT2D eigenvalue weighted by atomic mass is 10.0. The smallest absolute Gasteiger partial charge is 0.237 e. The molecule has 0 aliphatic carbocycles. The number of rotatable bonds is 5. The predicted molar refractivity (Wildman–Crippen MR) is 98.6 cm³/mol. The number of nitrogens with one attached hydrogen (secondary N) is 1. The van der Waals surface area contributed by atoms with E-state index in [0.717, 1.165) is 31.5 Å². The summed E-state index contributed by atoms with van der Waals surface area (Å²) in [6.45, 7) is 4.71. The Kier molecular flexibility index (Phi) is 5.65. The van der Waals surface area contributed by atoms with Gasteiger partial charge in [0.05, 0.1) is 6.04 Å². The standard InChI is InChI=1S/C21H26N2O/c1-2-23-14-7-6-13-20(23)21(24)22-16-17-9-8-12-19(15-17)18-10-4-3-5-11-18/h3-5,8-12,15,20H,2,6-7,13-14,16H2,1H3,(H,22,24)/t20-/m0/s1. The highest BCUT2D eigenvalue weighted by Gasteiger charge is 2.27. The zero-order chi connectivity index (χ0) is 16.8. The van der Waals surface area contributed by atoms with Crippen LogP contribution in [-0.4, -0.2) is 29.9 Å². The van der Waals surface area contributed by atoms with Gasteiger partial charge in [-0.25, -0.2) is 0 Å². The number of piperidine rings is 1. The normalized spacial score (nSPS) is 18.3. The summed E-state index contributed by atoms with van der Waals surface area (Å²) >= 11 is 0. The van der Waals surface area contributed by atoms with Crippen molar-refractivity contribution >= 4 is 5.91 Å². The highest BCUT2D eigenvalue weighted by Crippen LogP contribution is 2.20. The van der Waals surface area contributed by atoms with Crippen LogP contribution in [0.15, 0.2) is 54.6 Å². The molecule has 1 aliphatic heterocycles. The van der Waals surface area contributed by atoms with Crippen LogP contribution in [0.5, 0.6) is 0 Å². The minimum absolute atomic E-state index is 0.0426. The van der Waals surface area contributed by atoms with Crippen LogP contribution >= 0.6 is 0 Å². The Balaban J connectivity index is 1.63. The second-order valence-corrected chi connectivity index (χ2v) is 6.42. The van der Waals surface area contributed by atoms with Gasteiger partial charge >= 0.3 is 0 Å². The van der Waals surface area contributed by atoms with E-state index in [2.05, 4.69) is 53.5 Å². The van der Waals surface area contributed by atoms with E-state index in [1.165, 1.54) is 17.5 Å². The number of carbonyl (C=O) groups is 1. The summed E-state index contributed by atoms with van der Waals surface area (Å²) in [4.78, 5) is 14.8. The van der Waals surface area contributed by atoms with E-state index in [1.807, 2.05) is 18.2 Å². The number of nitrogens with zero attached hydrogens (tertiary/aromatic N) is 1. The van der Waals surface area contributed by atoms with Gasteiger partial charge in [-0.15, -0.1) is 0 Å². The minimum atomic E-state index is 0.0426. The molecule has 3 rings (SSSR count). The molecule has 126 valence electrons. The highest BCUT2D eigenvalue weighted by atomic mass is 16.2. The van der Waals surface area contributed by atoms with Crippen molar-refractivity contribution in [2.45, 2.75) is 38.8 Å². The third-order valence-corrected chi connectivity index (χ3v) is 4.82. The lowest BCUT2D eigenvalue weighted by molar-refractivity contribution is -0.127. The van der Waals surface area contributed by atoms with Crippen molar-refractivity contribution in [3.8, 4) is 11.1 Å². The zero-order valence-electron chi connectivity index (χ0n) is 14.4. The molecule has 1 heterocycles. The van der Waals surface area contributed by atoms with Gasteiger partial charge in [-0.05, 0) is 48.7 Å². The van der Waals surface area contributed by atoms with Crippen LogP contribution < -0.4 is 5.32 Å². The van der Waals surface area contributed by atoms with Crippen LogP contribution in [0.3, 0.4) is 0 Å². The van der Waals surface area contributed by atoms with Gasteiger partial charge in [-0.1, -0.05) is 61.9 Å². The van der Waals surface area contributed by atoms with Crippen molar-refractivity contribution in [1.29, 1.82) is 0 Å². The SMILES string of the molecule is CCN1CCCC[C@H]1C(=O)NCc1cccc(-c2ccccc2)c1. The Bertz CT molecular complexity index is 669. The van der Waals surface area contributed by atoms with Crippen molar-refractivity contribution in [3.63, 3.8) is 0 Å². The molecule has 3 heteroatoms. The van der Waals surface area contributed by atoms with Crippen molar-refractivity contribution < 1.29 is 4.79 Å². The lowest BCUT2D eigenvalue weighted by Crippen LogP contribution is -2.49. The quantitative estimate of drug-likeness (QED) is 0.907. The molecule has 3 nitrogen and oxygen atoms in total. The summed E-state index contributed by atoms with van der Waals surface area (Å²) in [5, 5.41) is 3.13. The van der Waals surface area contributed by atoms with E-state index in [9.17, 15) is 4.79 Å². The molecule has 0 unspecified atom stereocenters. The number of benzene rings is 2. The summed E-state index contributed by atoms with van der Waals surface area (Å²) < 4.78 is 0. The minimum Gasteiger partial charge on any atom is -0.351 e. The average Bonchev–Trinajstić information content (AvgIpc) is 2.67. The summed E-state index contributed by atoms with van der Waals surface area (Å²) in [7, 11) is 0. The molecule has 24 heavy (non-hydrogen) atoms. The molecule has 0 spiro atoms. The molecular weight excluding hydrogens is 296 g/mol. The van der Waals surface area contributed by atoms with E-state index in [4.69, 9.17) is 0 Å². The van der Waals surface area contributed by atoms with Crippen LogP contribution in [0.1, 0.15) is 31.7 Å². The van der Waals surface area contributed by atoms with Crippen LogP contribution in [0.2, 0.25) is 0 Å². The Morgan fingerprint density at radius 1 is 1.08 bits per heavy atom. The first-order valence-electron chi connectivity index (χ1n) is 8.94. The molecule has 1 N–H and O–H groups in total. The van der Waals surface area contributed by atoms with Crippen LogP contribution in [0.4, 0.5) is 0 Å². The summed E-state index contributed by atoms with van der Waals surface area (Å²) in [6, 6.07) is 18.8. The number of likely N-dealkylation sites (tertiary alicyclic amines) is 1. The van der Waals surface area contributed by atoms with E-state index in [1.54, 1.807) is 0 Å². The molecule has 2 aromatic rings. The van der Waals surface area contributed by atoms with Crippen LogP contribution in [0, 0.1) is 0 Å². The number of hydrogen-bond donors (Lipinski definition) is 1. The van der Waals surface area contributed by atoms with Gasteiger partial charge in [0.1, 0.15) is 0 Å². The van der Waals surface area contributed by atoms with Gasteiger partial charge in [-0.2, -0.15) is 0 Å². The molecule has 0 bridgehead atoms. The lowest BCUT2D eigenvalue weighted by Gasteiger charge is -2.33. The number of hydrogen-bond acceptors (Lipinski definition) is 2. The maximum absolute atomic E-state index is 12.5. The molecule has 1 saturated heterocycles. The molecule has 1 fully saturated rings. The van der Waals surface area contributed by atoms with Gasteiger partial charge in [-0.3, -0.25) is 9.69 Å². The average molecular weight is 322 g/mol. The number of likely N-dealkylation sites (N-methyl/N-ethyl adjacent to an activating group) is 1. The Hall–Kier alpha value is -2.13. The van der Waals surface area contributed by atoms with Gasteiger partial charge < -0.3 is 5.32 Å². The first kappa shape index (κ1) is 16.7. The zero-order valence-corrected chi connectivity index (χ0v) is 14.4. The Morgan fingerprint density at radius 3 is 2.67 bits per heavy atom. The van der Waals surface area contributed by atoms with Crippen molar-refractivity contribution in [3.05, 3.63) is 60.2 Å². The van der Waals surface area contributed by atoms with Gasteiger partial charge in [0.2, 0.25) is 5.91 Å². The Morgan fingerprint density at radius 2 is 1.88 bits per heavy atom. The Labute approximate surface area is 144 Å². The largest absolute Gasteiger partial charge is 0.351 e. The second kappa shape index (κ2) is 8.11.